The van der Waals surface area contributed by atoms with Crippen LogP contribution >= 0.6 is 23.2 Å². The van der Waals surface area contributed by atoms with E-state index in [1.54, 1.807) is 12.1 Å². The van der Waals surface area contributed by atoms with E-state index in [2.05, 4.69) is 26.1 Å². The van der Waals surface area contributed by atoms with Crippen molar-refractivity contribution in [2.24, 2.45) is 0 Å². The van der Waals surface area contributed by atoms with Gasteiger partial charge in [-0.1, -0.05) is 62.2 Å². The summed E-state index contributed by atoms with van der Waals surface area (Å²) in [4.78, 5) is 23.9. The van der Waals surface area contributed by atoms with Gasteiger partial charge in [0.2, 0.25) is 0 Å². The van der Waals surface area contributed by atoms with E-state index in [-0.39, 0.29) is 21.0 Å². The Kier molecular flexibility index (Phi) is 6.09. The number of benzene rings is 2. The number of carbonyl (C=O) groups is 2. The molecular weight excluding hydrogens is 361 g/mol. The number of ether oxygens (including phenoxy) is 1. The van der Waals surface area contributed by atoms with Gasteiger partial charge < -0.3 is 10.1 Å². The number of amides is 1. The van der Waals surface area contributed by atoms with Gasteiger partial charge in [0.15, 0.2) is 6.61 Å². The molecule has 4 nitrogen and oxygen atoms in total. The van der Waals surface area contributed by atoms with Gasteiger partial charge in [0.25, 0.3) is 5.91 Å². The topological polar surface area (TPSA) is 55.4 Å². The largest absolute Gasteiger partial charge is 0.452 e. The summed E-state index contributed by atoms with van der Waals surface area (Å²) in [6, 6.07) is 12.2. The van der Waals surface area contributed by atoms with Gasteiger partial charge in [-0.05, 0) is 35.2 Å². The summed E-state index contributed by atoms with van der Waals surface area (Å²) in [6.45, 7) is 5.92. The van der Waals surface area contributed by atoms with E-state index < -0.39 is 18.5 Å². The standard InChI is InChI=1S/C19H19Cl2NO3/c1-19(2,3)12-7-9-13(10-8-12)22-16(23)11-25-18(24)14-5-4-6-15(20)17(14)21/h4-10H,11H2,1-3H3,(H,22,23). The maximum atomic E-state index is 12.0. The van der Waals surface area contributed by atoms with E-state index in [0.717, 1.165) is 5.56 Å². The molecule has 1 N–H and O–H groups in total. The molecule has 6 heteroatoms. The third kappa shape index (κ3) is 5.21. The lowest BCUT2D eigenvalue weighted by molar-refractivity contribution is -0.119. The summed E-state index contributed by atoms with van der Waals surface area (Å²) in [6.07, 6.45) is 0. The van der Waals surface area contributed by atoms with Crippen molar-refractivity contribution in [1.82, 2.24) is 0 Å². The highest BCUT2D eigenvalue weighted by Crippen LogP contribution is 2.26. The van der Waals surface area contributed by atoms with Crippen LogP contribution in [0.25, 0.3) is 0 Å². The quantitative estimate of drug-likeness (QED) is 0.752. The average Bonchev–Trinajstić information content (AvgIpc) is 2.55. The number of carbonyl (C=O) groups excluding carboxylic acids is 2. The molecule has 25 heavy (non-hydrogen) atoms. The van der Waals surface area contributed by atoms with Crippen molar-refractivity contribution < 1.29 is 14.3 Å². The first-order valence-corrected chi connectivity index (χ1v) is 8.45. The molecule has 0 aliphatic heterocycles. The first-order valence-electron chi connectivity index (χ1n) is 7.70. The summed E-state index contributed by atoms with van der Waals surface area (Å²) in [7, 11) is 0. The summed E-state index contributed by atoms with van der Waals surface area (Å²) < 4.78 is 4.98. The van der Waals surface area contributed by atoms with Gasteiger partial charge in [-0.3, -0.25) is 4.79 Å². The average molecular weight is 380 g/mol. The van der Waals surface area contributed by atoms with E-state index in [9.17, 15) is 9.59 Å². The molecule has 0 fully saturated rings. The Morgan fingerprint density at radius 3 is 2.28 bits per heavy atom. The Morgan fingerprint density at radius 2 is 1.68 bits per heavy atom. The van der Waals surface area contributed by atoms with Crippen LogP contribution in [-0.2, 0) is 14.9 Å². The van der Waals surface area contributed by atoms with E-state index in [4.69, 9.17) is 27.9 Å². The third-order valence-corrected chi connectivity index (χ3v) is 4.36. The van der Waals surface area contributed by atoms with Crippen molar-refractivity contribution in [2.45, 2.75) is 26.2 Å². The van der Waals surface area contributed by atoms with Gasteiger partial charge in [0, 0.05) is 5.69 Å². The SMILES string of the molecule is CC(C)(C)c1ccc(NC(=O)COC(=O)c2cccc(Cl)c2Cl)cc1. The molecule has 0 radical (unpaired) electrons. The zero-order valence-electron chi connectivity index (χ0n) is 14.2. The van der Waals surface area contributed by atoms with Crippen molar-refractivity contribution in [3.63, 3.8) is 0 Å². The number of hydrogen-bond acceptors (Lipinski definition) is 3. The molecule has 0 aromatic heterocycles. The second kappa shape index (κ2) is 7.89. The molecule has 132 valence electrons. The fraction of sp³-hybridized carbons (Fsp3) is 0.263. The molecule has 0 spiro atoms. The number of esters is 1. The van der Waals surface area contributed by atoms with Gasteiger partial charge in [-0.2, -0.15) is 0 Å². The van der Waals surface area contributed by atoms with Crippen molar-refractivity contribution in [3.8, 4) is 0 Å². The Hall–Kier alpha value is -2.04. The van der Waals surface area contributed by atoms with E-state index in [1.165, 1.54) is 6.07 Å². The highest BCUT2D eigenvalue weighted by molar-refractivity contribution is 6.43. The Morgan fingerprint density at radius 1 is 1.04 bits per heavy atom. The lowest BCUT2D eigenvalue weighted by atomic mass is 9.87. The normalized spacial score (nSPS) is 11.1. The minimum atomic E-state index is -0.703. The molecular formula is C19H19Cl2NO3. The van der Waals surface area contributed by atoms with Crippen LogP contribution in [0.3, 0.4) is 0 Å². The second-order valence-corrected chi connectivity index (χ2v) is 7.34. The van der Waals surface area contributed by atoms with Gasteiger partial charge in [-0.25, -0.2) is 4.79 Å². The second-order valence-electron chi connectivity index (χ2n) is 6.55. The molecule has 0 aliphatic rings. The molecule has 0 atom stereocenters. The van der Waals surface area contributed by atoms with Crippen molar-refractivity contribution in [2.75, 3.05) is 11.9 Å². The Balaban J connectivity index is 1.92. The van der Waals surface area contributed by atoms with Crippen LogP contribution in [0.2, 0.25) is 10.0 Å². The molecule has 0 saturated heterocycles. The van der Waals surface area contributed by atoms with Crippen LogP contribution in [-0.4, -0.2) is 18.5 Å². The molecule has 1 amide bonds. The number of anilines is 1. The number of rotatable bonds is 4. The summed E-state index contributed by atoms with van der Waals surface area (Å²) in [5.74, 6) is -1.14. The molecule has 0 bridgehead atoms. The van der Waals surface area contributed by atoms with Crippen LogP contribution in [0.1, 0.15) is 36.7 Å². The molecule has 0 aliphatic carbocycles. The van der Waals surface area contributed by atoms with Crippen molar-refractivity contribution in [3.05, 3.63) is 63.6 Å². The highest BCUT2D eigenvalue weighted by atomic mass is 35.5. The van der Waals surface area contributed by atoms with Crippen LogP contribution in [0, 0.1) is 0 Å². The maximum absolute atomic E-state index is 12.0. The van der Waals surface area contributed by atoms with E-state index in [0.29, 0.717) is 5.69 Å². The summed E-state index contributed by atoms with van der Waals surface area (Å²) in [5.41, 5.74) is 1.95. The molecule has 0 heterocycles. The van der Waals surface area contributed by atoms with Crippen LogP contribution < -0.4 is 5.32 Å². The van der Waals surface area contributed by atoms with Crippen molar-refractivity contribution in [1.29, 1.82) is 0 Å². The van der Waals surface area contributed by atoms with Gasteiger partial charge in [0.05, 0.1) is 15.6 Å². The predicted molar refractivity (Wildman–Crippen MR) is 101 cm³/mol. The molecule has 2 aromatic rings. The minimum Gasteiger partial charge on any atom is -0.452 e. The molecule has 0 unspecified atom stereocenters. The van der Waals surface area contributed by atoms with Crippen molar-refractivity contribution >= 4 is 40.8 Å². The lowest BCUT2D eigenvalue weighted by Crippen LogP contribution is -2.21. The smallest absolute Gasteiger partial charge is 0.340 e. The fourth-order valence-corrected chi connectivity index (χ4v) is 2.50. The van der Waals surface area contributed by atoms with Gasteiger partial charge >= 0.3 is 5.97 Å². The predicted octanol–water partition coefficient (Wildman–Crippen LogP) is 5.09. The Labute approximate surface area is 157 Å². The Bertz CT molecular complexity index is 780. The van der Waals surface area contributed by atoms with E-state index >= 15 is 0 Å². The maximum Gasteiger partial charge on any atom is 0.340 e. The molecule has 2 rings (SSSR count). The van der Waals surface area contributed by atoms with Crippen LogP contribution in [0.4, 0.5) is 5.69 Å². The molecule has 0 saturated carbocycles. The summed E-state index contributed by atoms with van der Waals surface area (Å²) >= 11 is 11.8. The van der Waals surface area contributed by atoms with Crippen LogP contribution in [0.5, 0.6) is 0 Å². The number of nitrogens with one attached hydrogen (secondary N) is 1. The van der Waals surface area contributed by atoms with Gasteiger partial charge in [-0.15, -0.1) is 0 Å². The summed E-state index contributed by atoms with van der Waals surface area (Å²) in [5, 5.41) is 3.03. The first kappa shape index (κ1) is 19.3. The first-order chi connectivity index (χ1) is 11.7. The third-order valence-electron chi connectivity index (χ3n) is 3.54. The number of halogens is 2. The minimum absolute atomic E-state index is 0.0360. The zero-order valence-corrected chi connectivity index (χ0v) is 15.7. The highest BCUT2D eigenvalue weighted by Gasteiger charge is 2.16. The zero-order chi connectivity index (χ0) is 18.6. The number of hydrogen-bond donors (Lipinski definition) is 1. The monoisotopic (exact) mass is 379 g/mol. The van der Waals surface area contributed by atoms with Gasteiger partial charge in [0.1, 0.15) is 0 Å². The van der Waals surface area contributed by atoms with E-state index in [1.807, 2.05) is 24.3 Å². The fourth-order valence-electron chi connectivity index (χ4n) is 2.12. The van der Waals surface area contributed by atoms with Crippen LogP contribution in [0.15, 0.2) is 42.5 Å². The molecule has 2 aromatic carbocycles. The lowest BCUT2D eigenvalue weighted by Gasteiger charge is -2.19.